The van der Waals surface area contributed by atoms with Gasteiger partial charge in [-0.05, 0) is 25.0 Å². The topological polar surface area (TPSA) is 115 Å². The third-order valence-electron chi connectivity index (χ3n) is 3.40. The second-order valence-corrected chi connectivity index (χ2v) is 6.48. The third kappa shape index (κ3) is 2.43. The van der Waals surface area contributed by atoms with Gasteiger partial charge in [0, 0.05) is 5.92 Å². The van der Waals surface area contributed by atoms with Crippen LogP contribution in [0.4, 0.5) is 0 Å². The quantitative estimate of drug-likeness (QED) is 0.877. The second kappa shape index (κ2) is 4.68. The van der Waals surface area contributed by atoms with Gasteiger partial charge in [-0.3, -0.25) is 0 Å². The van der Waals surface area contributed by atoms with Crippen LogP contribution in [0.1, 0.15) is 34.8 Å². The maximum atomic E-state index is 11.7. The van der Waals surface area contributed by atoms with Crippen LogP contribution in [0.3, 0.4) is 0 Å². The SMILES string of the molecule is NS(=O)(=O)c1ccccc1-n1ncc(C(=O)O)c1C1CC1. The minimum atomic E-state index is -3.92. The Morgan fingerprint density at radius 2 is 2.00 bits per heavy atom. The molecule has 2 aromatic rings. The van der Waals surface area contributed by atoms with E-state index in [9.17, 15) is 18.3 Å². The van der Waals surface area contributed by atoms with E-state index in [1.165, 1.54) is 16.9 Å². The number of nitrogens with zero attached hydrogens (tertiary/aromatic N) is 2. The van der Waals surface area contributed by atoms with Gasteiger partial charge in [-0.15, -0.1) is 0 Å². The first-order valence-electron chi connectivity index (χ1n) is 6.33. The Labute approximate surface area is 121 Å². The largest absolute Gasteiger partial charge is 0.478 e. The zero-order chi connectivity index (χ0) is 15.2. The lowest BCUT2D eigenvalue weighted by molar-refractivity contribution is 0.0695. The Kier molecular flexibility index (Phi) is 3.07. The van der Waals surface area contributed by atoms with Crippen LogP contribution < -0.4 is 5.14 Å². The molecule has 3 N–H and O–H groups in total. The van der Waals surface area contributed by atoms with Gasteiger partial charge in [-0.2, -0.15) is 5.10 Å². The molecule has 0 aliphatic heterocycles. The summed E-state index contributed by atoms with van der Waals surface area (Å²) in [6.45, 7) is 0. The molecular formula is C13H13N3O4S. The second-order valence-electron chi connectivity index (χ2n) is 4.95. The maximum absolute atomic E-state index is 11.7. The fourth-order valence-electron chi connectivity index (χ4n) is 2.34. The molecular weight excluding hydrogens is 294 g/mol. The number of primary sulfonamides is 1. The van der Waals surface area contributed by atoms with Crippen molar-refractivity contribution in [1.82, 2.24) is 9.78 Å². The molecule has 0 saturated heterocycles. The van der Waals surface area contributed by atoms with E-state index in [0.717, 1.165) is 12.8 Å². The predicted octanol–water partition coefficient (Wildman–Crippen LogP) is 1.10. The first-order valence-corrected chi connectivity index (χ1v) is 7.87. The van der Waals surface area contributed by atoms with E-state index < -0.39 is 16.0 Å². The number of hydrogen-bond acceptors (Lipinski definition) is 4. The summed E-state index contributed by atoms with van der Waals surface area (Å²) in [6.07, 6.45) is 2.98. The van der Waals surface area contributed by atoms with Gasteiger partial charge in [0.1, 0.15) is 10.5 Å². The lowest BCUT2D eigenvalue weighted by Gasteiger charge is -2.11. The average Bonchev–Trinajstić information content (AvgIpc) is 3.16. The van der Waals surface area contributed by atoms with Crippen molar-refractivity contribution >= 4 is 16.0 Å². The van der Waals surface area contributed by atoms with Crippen molar-refractivity contribution in [3.8, 4) is 5.69 Å². The van der Waals surface area contributed by atoms with Crippen LogP contribution in [-0.4, -0.2) is 29.3 Å². The molecule has 7 nitrogen and oxygen atoms in total. The highest BCUT2D eigenvalue weighted by atomic mass is 32.2. The molecule has 1 heterocycles. The van der Waals surface area contributed by atoms with E-state index >= 15 is 0 Å². The molecule has 1 saturated carbocycles. The minimum Gasteiger partial charge on any atom is -0.478 e. The van der Waals surface area contributed by atoms with Gasteiger partial charge < -0.3 is 5.11 Å². The molecule has 3 rings (SSSR count). The number of aromatic nitrogens is 2. The smallest absolute Gasteiger partial charge is 0.339 e. The van der Waals surface area contributed by atoms with Crippen molar-refractivity contribution in [3.63, 3.8) is 0 Å². The molecule has 1 fully saturated rings. The van der Waals surface area contributed by atoms with Crippen LogP contribution >= 0.6 is 0 Å². The summed E-state index contributed by atoms with van der Waals surface area (Å²) in [4.78, 5) is 11.2. The summed E-state index contributed by atoms with van der Waals surface area (Å²) in [6, 6.07) is 6.15. The van der Waals surface area contributed by atoms with E-state index in [2.05, 4.69) is 5.10 Å². The summed E-state index contributed by atoms with van der Waals surface area (Å²) < 4.78 is 24.7. The normalized spacial score (nSPS) is 15.1. The van der Waals surface area contributed by atoms with E-state index in [-0.39, 0.29) is 22.1 Å². The Balaban J connectivity index is 2.25. The molecule has 0 atom stereocenters. The summed E-state index contributed by atoms with van der Waals surface area (Å²) in [7, 11) is -3.92. The number of carbonyl (C=O) groups is 1. The van der Waals surface area contributed by atoms with Gasteiger partial charge in [0.05, 0.1) is 17.6 Å². The number of rotatable bonds is 4. The van der Waals surface area contributed by atoms with Crippen molar-refractivity contribution in [3.05, 3.63) is 41.7 Å². The number of nitrogens with two attached hydrogens (primary N) is 1. The van der Waals surface area contributed by atoms with Crippen molar-refractivity contribution < 1.29 is 18.3 Å². The first kappa shape index (κ1) is 13.8. The van der Waals surface area contributed by atoms with Crippen LogP contribution in [-0.2, 0) is 10.0 Å². The highest BCUT2D eigenvalue weighted by Gasteiger charge is 2.33. The minimum absolute atomic E-state index is 0.0769. The molecule has 0 unspecified atom stereocenters. The van der Waals surface area contributed by atoms with Crippen LogP contribution in [0.15, 0.2) is 35.4 Å². The molecule has 0 radical (unpaired) electrons. The molecule has 1 aromatic carbocycles. The molecule has 1 aromatic heterocycles. The van der Waals surface area contributed by atoms with Crippen molar-refractivity contribution in [2.24, 2.45) is 5.14 Å². The third-order valence-corrected chi connectivity index (χ3v) is 4.36. The Bertz CT molecular complexity index is 822. The van der Waals surface area contributed by atoms with E-state index in [1.54, 1.807) is 18.2 Å². The molecule has 110 valence electrons. The van der Waals surface area contributed by atoms with E-state index in [1.807, 2.05) is 0 Å². The van der Waals surface area contributed by atoms with Crippen LogP contribution in [0.5, 0.6) is 0 Å². The van der Waals surface area contributed by atoms with Gasteiger partial charge in [0.2, 0.25) is 10.0 Å². The summed E-state index contributed by atoms with van der Waals surface area (Å²) in [5.74, 6) is -0.983. The number of sulfonamides is 1. The average molecular weight is 307 g/mol. The summed E-state index contributed by atoms with van der Waals surface area (Å²) in [5, 5.41) is 18.5. The van der Waals surface area contributed by atoms with Gasteiger partial charge in [-0.1, -0.05) is 12.1 Å². The van der Waals surface area contributed by atoms with E-state index in [4.69, 9.17) is 5.14 Å². The van der Waals surface area contributed by atoms with Crippen molar-refractivity contribution in [2.45, 2.75) is 23.7 Å². The van der Waals surface area contributed by atoms with Crippen LogP contribution in [0, 0.1) is 0 Å². The Hall–Kier alpha value is -2.19. The molecule has 0 spiro atoms. The van der Waals surface area contributed by atoms with Gasteiger partial charge in [-0.25, -0.2) is 23.0 Å². The van der Waals surface area contributed by atoms with E-state index in [0.29, 0.717) is 5.69 Å². The van der Waals surface area contributed by atoms with Gasteiger partial charge >= 0.3 is 5.97 Å². The lowest BCUT2D eigenvalue weighted by atomic mass is 10.1. The predicted molar refractivity (Wildman–Crippen MR) is 73.9 cm³/mol. The van der Waals surface area contributed by atoms with Crippen LogP contribution in [0.25, 0.3) is 5.69 Å². The summed E-state index contributed by atoms with van der Waals surface area (Å²) in [5.41, 5.74) is 0.898. The fourth-order valence-corrected chi connectivity index (χ4v) is 3.05. The number of carboxylic acid groups (broad SMARTS) is 1. The number of hydrogen-bond donors (Lipinski definition) is 2. The molecule has 0 bridgehead atoms. The zero-order valence-electron chi connectivity index (χ0n) is 10.9. The molecule has 1 aliphatic carbocycles. The van der Waals surface area contributed by atoms with Gasteiger partial charge in [0.25, 0.3) is 0 Å². The standard InChI is InChI=1S/C13H13N3O4S/c14-21(19,20)11-4-2-1-3-10(11)16-12(8-5-6-8)9(7-15-16)13(17)18/h1-4,7-8H,5-6H2,(H,17,18)(H2,14,19,20). The zero-order valence-corrected chi connectivity index (χ0v) is 11.7. The Morgan fingerprint density at radius 1 is 1.33 bits per heavy atom. The lowest BCUT2D eigenvalue weighted by Crippen LogP contribution is -2.16. The maximum Gasteiger partial charge on any atom is 0.339 e. The number of aromatic carboxylic acids is 1. The molecule has 1 aliphatic rings. The summed E-state index contributed by atoms with van der Waals surface area (Å²) >= 11 is 0. The molecule has 8 heteroatoms. The van der Waals surface area contributed by atoms with Gasteiger partial charge in [0.15, 0.2) is 0 Å². The number of carboxylic acids is 1. The highest BCUT2D eigenvalue weighted by molar-refractivity contribution is 7.89. The first-order chi connectivity index (χ1) is 9.89. The fraction of sp³-hybridized carbons (Fsp3) is 0.231. The Morgan fingerprint density at radius 3 is 2.57 bits per heavy atom. The molecule has 0 amide bonds. The molecule has 21 heavy (non-hydrogen) atoms. The van der Waals surface area contributed by atoms with Crippen molar-refractivity contribution in [2.75, 3.05) is 0 Å². The number of benzene rings is 1. The van der Waals surface area contributed by atoms with Crippen LogP contribution in [0.2, 0.25) is 0 Å². The highest BCUT2D eigenvalue weighted by Crippen LogP contribution is 2.42. The van der Waals surface area contributed by atoms with Crippen molar-refractivity contribution in [1.29, 1.82) is 0 Å². The number of para-hydroxylation sites is 1. The monoisotopic (exact) mass is 307 g/mol.